The summed E-state index contributed by atoms with van der Waals surface area (Å²) in [7, 11) is -3.87. The van der Waals surface area contributed by atoms with Crippen molar-refractivity contribution < 1.29 is 13.2 Å². The number of nitrogens with zero attached hydrogens (tertiary/aromatic N) is 2. The van der Waals surface area contributed by atoms with Crippen LogP contribution in [0.15, 0.2) is 53.4 Å². The summed E-state index contributed by atoms with van der Waals surface area (Å²) in [6, 6.07) is 13.8. The number of aryl methyl sites for hydroxylation is 1. The molecule has 2 aromatic carbocycles. The van der Waals surface area contributed by atoms with Crippen molar-refractivity contribution in [3.05, 3.63) is 71.1 Å². The van der Waals surface area contributed by atoms with Gasteiger partial charge in [-0.3, -0.25) is 9.64 Å². The zero-order valence-corrected chi connectivity index (χ0v) is 15.0. The maximum Gasteiger partial charge on any atom is 0.293 e. The number of sulfonamides is 1. The molecule has 1 amide bonds. The number of nitrogens with one attached hydrogen (secondary N) is 1. The van der Waals surface area contributed by atoms with Gasteiger partial charge in [0.2, 0.25) is 15.9 Å². The van der Waals surface area contributed by atoms with E-state index in [9.17, 15) is 13.2 Å². The fraction of sp³-hybridized carbons (Fsp3) is 0.263. The van der Waals surface area contributed by atoms with Crippen LogP contribution in [0.3, 0.4) is 0 Å². The normalized spacial score (nSPS) is 25.1. The third-order valence-electron chi connectivity index (χ3n) is 5.19. The van der Waals surface area contributed by atoms with Gasteiger partial charge >= 0.3 is 0 Å². The van der Waals surface area contributed by atoms with Gasteiger partial charge < -0.3 is 5.32 Å². The Kier molecular flexibility index (Phi) is 3.65. The third kappa shape index (κ3) is 2.26. The van der Waals surface area contributed by atoms with E-state index in [0.717, 1.165) is 11.1 Å². The molecule has 2 aromatic rings. The van der Waals surface area contributed by atoms with Crippen LogP contribution in [-0.2, 0) is 20.2 Å². The summed E-state index contributed by atoms with van der Waals surface area (Å²) in [4.78, 5) is 16.4. The number of amides is 1. The molecule has 4 rings (SSSR count). The Labute approximate surface area is 152 Å². The maximum atomic E-state index is 13.1. The van der Waals surface area contributed by atoms with E-state index in [1.54, 1.807) is 30.3 Å². The molecule has 0 radical (unpaired) electrons. The highest BCUT2D eigenvalue weighted by Crippen LogP contribution is 2.47. The summed E-state index contributed by atoms with van der Waals surface area (Å²) in [5.74, 6) is -0.242. The number of hydrogen-bond donors (Lipinski definition) is 1. The number of para-hydroxylation sites is 1. The van der Waals surface area contributed by atoms with E-state index in [1.165, 1.54) is 4.31 Å². The first-order chi connectivity index (χ1) is 12.4. The fourth-order valence-electron chi connectivity index (χ4n) is 3.78. The monoisotopic (exact) mass is 367 g/mol. The molecular weight excluding hydrogens is 350 g/mol. The van der Waals surface area contributed by atoms with Crippen LogP contribution >= 0.6 is 0 Å². The third-order valence-corrected chi connectivity index (χ3v) is 7.05. The molecule has 26 heavy (non-hydrogen) atoms. The van der Waals surface area contributed by atoms with E-state index in [1.807, 2.05) is 25.1 Å². The number of benzene rings is 2. The van der Waals surface area contributed by atoms with Crippen molar-refractivity contribution in [2.24, 2.45) is 0 Å². The van der Waals surface area contributed by atoms with Gasteiger partial charge in [-0.2, -0.15) is 0 Å². The Morgan fingerprint density at radius 1 is 1.19 bits per heavy atom. The Balaban J connectivity index is 1.79. The van der Waals surface area contributed by atoms with Gasteiger partial charge in [-0.25, -0.2) is 15.0 Å². The molecule has 2 aliphatic rings. The van der Waals surface area contributed by atoms with Crippen molar-refractivity contribution in [1.29, 1.82) is 0 Å². The van der Waals surface area contributed by atoms with E-state index in [2.05, 4.69) is 10.2 Å². The van der Waals surface area contributed by atoms with Crippen LogP contribution in [0, 0.1) is 13.5 Å². The van der Waals surface area contributed by atoms with Gasteiger partial charge in [-0.1, -0.05) is 35.9 Å². The van der Waals surface area contributed by atoms with Gasteiger partial charge in [0.25, 0.3) is 6.17 Å². The number of rotatable bonds is 2. The lowest BCUT2D eigenvalue weighted by Gasteiger charge is -2.21. The standard InChI is InChI=1S/C19H17N3O3S/c1-13-7-9-14(10-8-13)26(24,25)22-12-19(11-17(22)20-2)15-5-3-4-6-16(15)21-18(19)23/h3-10,17H,11-12H2,1H3,(H,21,23)/t17-,19-/m0/s1. The van der Waals surface area contributed by atoms with Crippen molar-refractivity contribution in [2.75, 3.05) is 11.9 Å². The van der Waals surface area contributed by atoms with E-state index in [0.29, 0.717) is 5.69 Å². The van der Waals surface area contributed by atoms with Crippen molar-refractivity contribution in [3.8, 4) is 0 Å². The van der Waals surface area contributed by atoms with E-state index >= 15 is 0 Å². The summed E-state index contributed by atoms with van der Waals surface area (Å²) in [6.07, 6.45) is -0.747. The largest absolute Gasteiger partial charge is 0.325 e. The van der Waals surface area contributed by atoms with Crippen LogP contribution in [0.5, 0.6) is 0 Å². The predicted octanol–water partition coefficient (Wildman–Crippen LogP) is 2.52. The van der Waals surface area contributed by atoms with Crippen LogP contribution in [0.4, 0.5) is 5.69 Å². The molecule has 1 spiro atoms. The highest BCUT2D eigenvalue weighted by molar-refractivity contribution is 7.89. The minimum atomic E-state index is -3.87. The minimum absolute atomic E-state index is 0.0287. The molecule has 2 atom stereocenters. The van der Waals surface area contributed by atoms with Crippen LogP contribution in [-0.4, -0.2) is 31.3 Å². The molecule has 1 N–H and O–H groups in total. The lowest BCUT2D eigenvalue weighted by molar-refractivity contribution is -0.120. The number of carbonyl (C=O) groups is 1. The van der Waals surface area contributed by atoms with E-state index < -0.39 is 21.6 Å². The van der Waals surface area contributed by atoms with Crippen molar-refractivity contribution in [2.45, 2.75) is 29.8 Å². The summed E-state index contributed by atoms with van der Waals surface area (Å²) in [5, 5.41) is 2.83. The number of anilines is 1. The molecule has 1 fully saturated rings. The van der Waals surface area contributed by atoms with E-state index in [4.69, 9.17) is 6.57 Å². The average molecular weight is 367 g/mol. The Morgan fingerprint density at radius 2 is 1.88 bits per heavy atom. The molecule has 0 aliphatic carbocycles. The molecule has 0 aromatic heterocycles. The second kappa shape index (κ2) is 5.66. The summed E-state index contributed by atoms with van der Waals surface area (Å²) in [5.41, 5.74) is 1.40. The fourth-order valence-corrected chi connectivity index (χ4v) is 5.37. The zero-order valence-electron chi connectivity index (χ0n) is 14.1. The quantitative estimate of drug-likeness (QED) is 0.829. The molecule has 0 saturated carbocycles. The van der Waals surface area contributed by atoms with Gasteiger partial charge in [0, 0.05) is 12.2 Å². The van der Waals surface area contributed by atoms with Gasteiger partial charge in [0.05, 0.1) is 16.7 Å². The second-order valence-corrected chi connectivity index (χ2v) is 8.65. The van der Waals surface area contributed by atoms with Crippen molar-refractivity contribution in [3.63, 3.8) is 0 Å². The van der Waals surface area contributed by atoms with Gasteiger partial charge in [0.1, 0.15) is 0 Å². The molecule has 2 aliphatic heterocycles. The lowest BCUT2D eigenvalue weighted by Crippen LogP contribution is -2.39. The Bertz CT molecular complexity index is 1040. The van der Waals surface area contributed by atoms with E-state index in [-0.39, 0.29) is 23.8 Å². The first kappa shape index (κ1) is 16.8. The van der Waals surface area contributed by atoms with Crippen molar-refractivity contribution >= 4 is 21.6 Å². The molecule has 2 heterocycles. The first-order valence-electron chi connectivity index (χ1n) is 8.24. The lowest BCUT2D eigenvalue weighted by atomic mass is 9.80. The molecule has 0 unspecified atom stereocenters. The molecular formula is C19H17N3O3S. The van der Waals surface area contributed by atoms with Gasteiger partial charge in [-0.05, 0) is 30.7 Å². The van der Waals surface area contributed by atoms with Gasteiger partial charge in [0.15, 0.2) is 0 Å². The van der Waals surface area contributed by atoms with Crippen molar-refractivity contribution in [1.82, 2.24) is 4.31 Å². The Morgan fingerprint density at radius 3 is 2.58 bits per heavy atom. The zero-order chi connectivity index (χ0) is 18.5. The summed E-state index contributed by atoms with van der Waals surface area (Å²) in [6.45, 7) is 9.34. The number of fused-ring (bicyclic) bond motifs is 2. The number of carbonyl (C=O) groups excluding carboxylic acids is 1. The maximum absolute atomic E-state index is 13.1. The van der Waals surface area contributed by atoms with Crippen LogP contribution in [0.2, 0.25) is 0 Å². The molecule has 7 heteroatoms. The topological polar surface area (TPSA) is 70.8 Å². The smallest absolute Gasteiger partial charge is 0.293 e. The predicted molar refractivity (Wildman–Crippen MR) is 96.8 cm³/mol. The highest BCUT2D eigenvalue weighted by Gasteiger charge is 2.60. The highest BCUT2D eigenvalue weighted by atomic mass is 32.2. The molecule has 132 valence electrons. The SMILES string of the molecule is [C-]#[N+][C@@H]1C[C@@]2(CN1S(=O)(=O)c1ccc(C)cc1)C(=O)Nc1ccccc12. The van der Waals surface area contributed by atoms with Crippen LogP contribution in [0.25, 0.3) is 4.85 Å². The molecule has 0 bridgehead atoms. The molecule has 6 nitrogen and oxygen atoms in total. The average Bonchev–Trinajstić information content (AvgIpc) is 3.16. The summed E-state index contributed by atoms with van der Waals surface area (Å²) < 4.78 is 27.4. The first-order valence-corrected chi connectivity index (χ1v) is 9.68. The second-order valence-electron chi connectivity index (χ2n) is 6.76. The van der Waals surface area contributed by atoms with Crippen LogP contribution < -0.4 is 5.32 Å². The number of hydrogen-bond acceptors (Lipinski definition) is 3. The molecule has 1 saturated heterocycles. The summed E-state index contributed by atoms with van der Waals surface area (Å²) >= 11 is 0. The minimum Gasteiger partial charge on any atom is -0.325 e. The Hall–Kier alpha value is -2.69. The van der Waals surface area contributed by atoms with Crippen LogP contribution in [0.1, 0.15) is 17.5 Å². The van der Waals surface area contributed by atoms with Gasteiger partial charge in [-0.15, -0.1) is 4.31 Å².